The third-order valence-electron chi connectivity index (χ3n) is 11.9. The van der Waals surface area contributed by atoms with E-state index in [2.05, 4.69) is 176 Å². The standard InChI is InChI=1S/C55H38N2/c1-3-13-38(14-4-1)53-35-54(57-55(56-53)40-15-5-2-6-16-40)39-25-22-37(23-26-39)42-18-11-19-45(31-42)50-34-52-47-29-28-44(43-27-24-36-12-7-8-17-41(36)30-43)32-46(47)33-51(52)49-21-10-9-20-48(49)50/h1-30,32,34-35,42H,31,33H2. The average Bonchev–Trinajstić information content (AvgIpc) is 3.67. The van der Waals surface area contributed by atoms with Crippen molar-refractivity contribution in [2.24, 2.45) is 0 Å². The monoisotopic (exact) mass is 726 g/mol. The smallest absolute Gasteiger partial charge is 0.160 e. The maximum absolute atomic E-state index is 5.06. The summed E-state index contributed by atoms with van der Waals surface area (Å²) in [4.78, 5) is 10.0. The number of benzene rings is 8. The molecule has 0 radical (unpaired) electrons. The molecular weight excluding hydrogens is 689 g/mol. The molecule has 2 nitrogen and oxygen atoms in total. The normalized spacial score (nSPS) is 14.4. The molecule has 0 saturated carbocycles. The van der Waals surface area contributed by atoms with Crippen molar-refractivity contribution in [3.63, 3.8) is 0 Å². The van der Waals surface area contributed by atoms with Gasteiger partial charge < -0.3 is 0 Å². The molecule has 0 spiro atoms. The number of aromatic nitrogens is 2. The molecule has 57 heavy (non-hydrogen) atoms. The van der Waals surface area contributed by atoms with Crippen LogP contribution in [-0.4, -0.2) is 9.97 Å². The molecule has 268 valence electrons. The first kappa shape index (κ1) is 33.2. The summed E-state index contributed by atoms with van der Waals surface area (Å²) in [5.41, 5.74) is 17.1. The maximum atomic E-state index is 5.06. The Balaban J connectivity index is 0.904. The fourth-order valence-electron chi connectivity index (χ4n) is 8.95. The van der Waals surface area contributed by atoms with Gasteiger partial charge in [0.1, 0.15) is 0 Å². The highest BCUT2D eigenvalue weighted by atomic mass is 14.9. The topological polar surface area (TPSA) is 25.8 Å². The number of nitrogens with zero attached hydrogens (tertiary/aromatic N) is 2. The van der Waals surface area contributed by atoms with E-state index in [9.17, 15) is 0 Å². The van der Waals surface area contributed by atoms with Gasteiger partial charge in [-0.1, -0.05) is 182 Å². The van der Waals surface area contributed by atoms with Gasteiger partial charge in [-0.2, -0.15) is 0 Å². The summed E-state index contributed by atoms with van der Waals surface area (Å²) in [6.07, 6.45) is 8.83. The van der Waals surface area contributed by atoms with Gasteiger partial charge in [0.15, 0.2) is 5.82 Å². The number of rotatable bonds is 6. The van der Waals surface area contributed by atoms with E-state index in [1.165, 1.54) is 71.6 Å². The Bertz CT molecular complexity index is 2990. The van der Waals surface area contributed by atoms with Gasteiger partial charge in [0, 0.05) is 22.6 Å². The Morgan fingerprint density at radius 1 is 0.439 bits per heavy atom. The first-order chi connectivity index (χ1) is 28.2. The van der Waals surface area contributed by atoms with E-state index < -0.39 is 0 Å². The zero-order chi connectivity index (χ0) is 37.7. The molecule has 1 aromatic heterocycles. The fraction of sp³-hybridized carbons (Fsp3) is 0.0545. The van der Waals surface area contributed by atoms with Crippen LogP contribution in [0.1, 0.15) is 34.6 Å². The quantitative estimate of drug-likeness (QED) is 0.170. The summed E-state index contributed by atoms with van der Waals surface area (Å²) in [7, 11) is 0. The van der Waals surface area contributed by atoms with Gasteiger partial charge in [-0.3, -0.25) is 0 Å². The van der Waals surface area contributed by atoms with Crippen LogP contribution in [0.5, 0.6) is 0 Å². The van der Waals surface area contributed by atoms with Crippen LogP contribution in [0.3, 0.4) is 0 Å². The highest BCUT2D eigenvalue weighted by Gasteiger charge is 2.25. The van der Waals surface area contributed by atoms with Crippen molar-refractivity contribution in [2.75, 3.05) is 0 Å². The summed E-state index contributed by atoms with van der Waals surface area (Å²) >= 11 is 0. The van der Waals surface area contributed by atoms with Crippen LogP contribution >= 0.6 is 0 Å². The molecule has 2 aliphatic carbocycles. The van der Waals surface area contributed by atoms with Crippen LogP contribution in [0.4, 0.5) is 0 Å². The summed E-state index contributed by atoms with van der Waals surface area (Å²) in [5.74, 6) is 1.00. The van der Waals surface area contributed by atoms with E-state index in [-0.39, 0.29) is 5.92 Å². The zero-order valence-corrected chi connectivity index (χ0v) is 31.4. The molecule has 0 bridgehead atoms. The predicted molar refractivity (Wildman–Crippen MR) is 238 cm³/mol. The minimum atomic E-state index is 0.271. The largest absolute Gasteiger partial charge is 0.228 e. The minimum Gasteiger partial charge on any atom is -0.228 e. The van der Waals surface area contributed by atoms with Crippen LogP contribution in [0.25, 0.3) is 83.3 Å². The van der Waals surface area contributed by atoms with Crippen LogP contribution < -0.4 is 0 Å². The second-order valence-corrected chi connectivity index (χ2v) is 15.3. The lowest BCUT2D eigenvalue weighted by molar-refractivity contribution is 0.868. The summed E-state index contributed by atoms with van der Waals surface area (Å²) in [6, 6.07) is 65.7. The van der Waals surface area contributed by atoms with E-state index in [4.69, 9.17) is 9.97 Å². The van der Waals surface area contributed by atoms with Gasteiger partial charge in [-0.25, -0.2) is 9.97 Å². The molecule has 1 atom stereocenters. The lowest BCUT2D eigenvalue weighted by Gasteiger charge is -2.22. The second-order valence-electron chi connectivity index (χ2n) is 15.3. The average molecular weight is 727 g/mol. The Labute approximate surface area is 333 Å². The highest BCUT2D eigenvalue weighted by Crippen LogP contribution is 2.46. The van der Waals surface area contributed by atoms with E-state index >= 15 is 0 Å². The maximum Gasteiger partial charge on any atom is 0.160 e. The van der Waals surface area contributed by atoms with E-state index in [0.717, 1.165) is 46.7 Å². The summed E-state index contributed by atoms with van der Waals surface area (Å²) in [6.45, 7) is 0. The van der Waals surface area contributed by atoms with Crippen LogP contribution in [-0.2, 0) is 6.42 Å². The molecule has 0 fully saturated rings. The molecule has 0 amide bonds. The van der Waals surface area contributed by atoms with Crippen molar-refractivity contribution in [3.8, 4) is 56.2 Å². The zero-order valence-electron chi connectivity index (χ0n) is 31.4. The molecule has 2 heteroatoms. The van der Waals surface area contributed by atoms with E-state index in [1.807, 2.05) is 24.3 Å². The number of hydrogen-bond acceptors (Lipinski definition) is 2. The second kappa shape index (κ2) is 13.8. The van der Waals surface area contributed by atoms with E-state index in [1.54, 1.807) is 0 Å². The van der Waals surface area contributed by atoms with E-state index in [0.29, 0.717) is 0 Å². The minimum absolute atomic E-state index is 0.271. The Morgan fingerprint density at radius 3 is 1.86 bits per heavy atom. The van der Waals surface area contributed by atoms with Gasteiger partial charge >= 0.3 is 0 Å². The molecule has 0 aliphatic heterocycles. The lowest BCUT2D eigenvalue weighted by Crippen LogP contribution is -2.02. The summed E-state index contributed by atoms with van der Waals surface area (Å²) < 4.78 is 0. The molecule has 2 aliphatic rings. The first-order valence-corrected chi connectivity index (χ1v) is 19.9. The molecule has 9 aromatic rings. The molecular formula is C55H38N2. The molecule has 0 saturated heterocycles. The Hall–Kier alpha value is -7.16. The van der Waals surface area contributed by atoms with Gasteiger partial charge in [0.25, 0.3) is 0 Å². The fourth-order valence-corrected chi connectivity index (χ4v) is 8.95. The van der Waals surface area contributed by atoms with Gasteiger partial charge in [0.05, 0.1) is 11.4 Å². The van der Waals surface area contributed by atoms with Crippen molar-refractivity contribution in [1.82, 2.24) is 9.97 Å². The van der Waals surface area contributed by atoms with Crippen molar-refractivity contribution in [3.05, 3.63) is 222 Å². The highest BCUT2D eigenvalue weighted by molar-refractivity contribution is 6.03. The number of fused-ring (bicyclic) bond motifs is 6. The Morgan fingerprint density at radius 2 is 1.07 bits per heavy atom. The molecule has 1 unspecified atom stereocenters. The van der Waals surface area contributed by atoms with Gasteiger partial charge in [0.2, 0.25) is 0 Å². The lowest BCUT2D eigenvalue weighted by atomic mass is 9.82. The van der Waals surface area contributed by atoms with Crippen molar-refractivity contribution >= 4 is 27.1 Å². The van der Waals surface area contributed by atoms with Crippen LogP contribution in [0.2, 0.25) is 0 Å². The summed E-state index contributed by atoms with van der Waals surface area (Å²) in [5, 5.41) is 5.25. The SMILES string of the molecule is C1=CC(c2ccc(-c3cc(-c4ccccc4)nc(-c4ccccc4)n3)cc2)CC(c2cc3c(c4ccccc24)Cc2cc(-c4ccc5ccccc5c4)ccc2-3)=C1. The van der Waals surface area contributed by atoms with Gasteiger partial charge in [-0.15, -0.1) is 0 Å². The van der Waals surface area contributed by atoms with Gasteiger partial charge in [-0.05, 0) is 103 Å². The van der Waals surface area contributed by atoms with Crippen molar-refractivity contribution in [2.45, 2.75) is 18.8 Å². The molecule has 0 N–H and O–H groups in total. The molecule has 8 aromatic carbocycles. The third kappa shape index (κ3) is 6.07. The third-order valence-corrected chi connectivity index (χ3v) is 11.9. The van der Waals surface area contributed by atoms with Crippen LogP contribution in [0.15, 0.2) is 200 Å². The van der Waals surface area contributed by atoms with Crippen molar-refractivity contribution < 1.29 is 0 Å². The van der Waals surface area contributed by atoms with Crippen molar-refractivity contribution in [1.29, 1.82) is 0 Å². The Kier molecular flexibility index (Phi) is 8.07. The molecule has 11 rings (SSSR count). The number of allylic oxidation sites excluding steroid dienone is 4. The number of hydrogen-bond donors (Lipinski definition) is 0. The first-order valence-electron chi connectivity index (χ1n) is 19.9. The predicted octanol–water partition coefficient (Wildman–Crippen LogP) is 14.1. The molecule has 1 heterocycles. The van der Waals surface area contributed by atoms with Crippen LogP contribution in [0, 0.1) is 0 Å².